The number of halogens is 2. The lowest BCUT2D eigenvalue weighted by molar-refractivity contribution is 0.0924. The number of ketones is 1. The maximum atomic E-state index is 12.1. The van der Waals surface area contributed by atoms with Crippen LogP contribution in [0.25, 0.3) is 0 Å². The monoisotopic (exact) mass is 374 g/mol. The second kappa shape index (κ2) is 7.31. The Balaban J connectivity index is 2.14. The maximum Gasteiger partial charge on any atom is 0.297 e. The summed E-state index contributed by atoms with van der Waals surface area (Å²) >= 11 is 11.9. The molecule has 0 aliphatic carbocycles. The highest BCUT2D eigenvalue weighted by Gasteiger charge is 2.19. The minimum absolute atomic E-state index is 0.0291. The number of hydrogen-bond donors (Lipinski definition) is 0. The number of methoxy groups -OCH3 is 1. The highest BCUT2D eigenvalue weighted by molar-refractivity contribution is 7.86. The molecule has 5 nitrogen and oxygen atoms in total. The number of benzene rings is 2. The van der Waals surface area contributed by atoms with Crippen molar-refractivity contribution >= 4 is 39.1 Å². The molecule has 0 heterocycles. The van der Waals surface area contributed by atoms with Gasteiger partial charge in [-0.2, -0.15) is 8.42 Å². The predicted octanol–water partition coefficient (Wildman–Crippen LogP) is 3.59. The van der Waals surface area contributed by atoms with Crippen molar-refractivity contribution in [2.24, 2.45) is 0 Å². The zero-order valence-electron chi connectivity index (χ0n) is 12.0. The van der Waals surface area contributed by atoms with Crippen LogP contribution in [0.1, 0.15) is 10.4 Å². The first kappa shape index (κ1) is 17.7. The molecule has 0 fully saturated rings. The molecule has 0 bridgehead atoms. The molecule has 8 heteroatoms. The van der Waals surface area contributed by atoms with Crippen molar-refractivity contribution in [3.05, 3.63) is 58.1 Å². The van der Waals surface area contributed by atoms with Gasteiger partial charge in [0.15, 0.2) is 11.5 Å². The normalized spacial score (nSPS) is 11.3. The van der Waals surface area contributed by atoms with Crippen molar-refractivity contribution in [2.45, 2.75) is 4.90 Å². The van der Waals surface area contributed by atoms with Gasteiger partial charge in [-0.3, -0.25) is 8.98 Å². The first-order valence-electron chi connectivity index (χ1n) is 6.36. The minimum Gasteiger partial charge on any atom is -0.494 e. The topological polar surface area (TPSA) is 69.7 Å². The van der Waals surface area contributed by atoms with Gasteiger partial charge >= 0.3 is 0 Å². The first-order chi connectivity index (χ1) is 10.8. The molecular formula is C15H12Cl2O5S. The molecule has 2 rings (SSSR count). The van der Waals surface area contributed by atoms with E-state index in [0.717, 1.165) is 0 Å². The molecule has 2 aromatic carbocycles. The third-order valence-corrected chi connectivity index (χ3v) is 4.74. The fourth-order valence-corrected chi connectivity index (χ4v) is 3.32. The number of ether oxygens (including phenoxy) is 1. The van der Waals surface area contributed by atoms with Gasteiger partial charge in [-0.05, 0) is 24.3 Å². The van der Waals surface area contributed by atoms with Gasteiger partial charge in [0, 0.05) is 5.56 Å². The van der Waals surface area contributed by atoms with Crippen LogP contribution in [0.2, 0.25) is 10.0 Å². The summed E-state index contributed by atoms with van der Waals surface area (Å²) in [5.74, 6) is -0.335. The highest BCUT2D eigenvalue weighted by Crippen LogP contribution is 2.34. The van der Waals surface area contributed by atoms with Crippen molar-refractivity contribution in [2.75, 3.05) is 13.7 Å². The summed E-state index contributed by atoms with van der Waals surface area (Å²) in [7, 11) is -2.61. The largest absolute Gasteiger partial charge is 0.494 e. The van der Waals surface area contributed by atoms with Crippen LogP contribution in [-0.2, 0) is 14.3 Å². The van der Waals surface area contributed by atoms with E-state index in [4.69, 9.17) is 32.1 Å². The van der Waals surface area contributed by atoms with Crippen LogP contribution < -0.4 is 4.74 Å². The summed E-state index contributed by atoms with van der Waals surface area (Å²) in [6, 6.07) is 10.2. The molecular weight excluding hydrogens is 363 g/mol. The molecule has 0 aromatic heterocycles. The number of rotatable bonds is 6. The van der Waals surface area contributed by atoms with Crippen LogP contribution in [0.3, 0.4) is 0 Å². The first-order valence-corrected chi connectivity index (χ1v) is 8.52. The Bertz CT molecular complexity index is 796. The van der Waals surface area contributed by atoms with E-state index in [1.807, 2.05) is 0 Å². The molecule has 0 unspecified atom stereocenters. The lowest BCUT2D eigenvalue weighted by atomic mass is 10.1. The molecule has 0 amide bonds. The van der Waals surface area contributed by atoms with Crippen molar-refractivity contribution in [3.8, 4) is 5.75 Å². The highest BCUT2D eigenvalue weighted by atomic mass is 35.5. The minimum atomic E-state index is -4.01. The van der Waals surface area contributed by atoms with E-state index in [0.29, 0.717) is 0 Å². The standard InChI is InChI=1S/C15H12Cl2O5S/c1-21-15-12(16)7-10(8-13(15)17)14(18)9-22-23(19,20)11-5-3-2-4-6-11/h2-8H,9H2,1H3. The van der Waals surface area contributed by atoms with Crippen LogP contribution >= 0.6 is 23.2 Å². The lowest BCUT2D eigenvalue weighted by Gasteiger charge is -2.09. The van der Waals surface area contributed by atoms with Gasteiger partial charge in [0.2, 0.25) is 0 Å². The van der Waals surface area contributed by atoms with Crippen molar-refractivity contribution in [3.63, 3.8) is 0 Å². The van der Waals surface area contributed by atoms with Crippen LogP contribution in [0.15, 0.2) is 47.4 Å². The van der Waals surface area contributed by atoms with Gasteiger partial charge in [0.25, 0.3) is 10.1 Å². The van der Waals surface area contributed by atoms with Crippen molar-refractivity contribution in [1.29, 1.82) is 0 Å². The molecule has 0 atom stereocenters. The van der Waals surface area contributed by atoms with Crippen LogP contribution in [0, 0.1) is 0 Å². The van der Waals surface area contributed by atoms with Gasteiger partial charge in [-0.15, -0.1) is 0 Å². The fourth-order valence-electron chi connectivity index (χ4n) is 1.79. The van der Waals surface area contributed by atoms with Crippen molar-refractivity contribution in [1.82, 2.24) is 0 Å². The molecule has 0 saturated carbocycles. The van der Waals surface area contributed by atoms with Crippen LogP contribution in [-0.4, -0.2) is 27.9 Å². The Morgan fingerprint density at radius 1 is 1.09 bits per heavy atom. The van der Waals surface area contributed by atoms with E-state index in [2.05, 4.69) is 0 Å². The Hall–Kier alpha value is -1.60. The Labute approximate surface area is 143 Å². The lowest BCUT2D eigenvalue weighted by Crippen LogP contribution is -2.15. The van der Waals surface area contributed by atoms with E-state index < -0.39 is 22.5 Å². The zero-order valence-corrected chi connectivity index (χ0v) is 14.3. The van der Waals surface area contributed by atoms with E-state index in [1.165, 1.54) is 31.4 Å². The molecule has 122 valence electrons. The number of Topliss-reactive ketones (excluding diaryl/α,β-unsaturated/α-hetero) is 1. The Morgan fingerprint density at radius 3 is 2.17 bits per heavy atom. The molecule has 23 heavy (non-hydrogen) atoms. The third kappa shape index (κ3) is 4.23. The summed E-state index contributed by atoms with van der Waals surface area (Å²) in [5.41, 5.74) is 0.129. The Morgan fingerprint density at radius 2 is 1.65 bits per heavy atom. The fraction of sp³-hybridized carbons (Fsp3) is 0.133. The smallest absolute Gasteiger partial charge is 0.297 e. The summed E-state index contributed by atoms with van der Waals surface area (Å²) in [6.45, 7) is -0.657. The molecule has 0 N–H and O–H groups in total. The van der Waals surface area contributed by atoms with Gasteiger partial charge in [0.1, 0.15) is 6.61 Å². The van der Waals surface area contributed by atoms with E-state index in [-0.39, 0.29) is 26.3 Å². The summed E-state index contributed by atoms with van der Waals surface area (Å²) in [4.78, 5) is 12.1. The van der Waals surface area contributed by atoms with Crippen LogP contribution in [0.4, 0.5) is 0 Å². The molecule has 0 spiro atoms. The van der Waals surface area contributed by atoms with Crippen LogP contribution in [0.5, 0.6) is 5.75 Å². The quantitative estimate of drug-likeness (QED) is 0.570. The molecule has 0 radical (unpaired) electrons. The average Bonchev–Trinajstić information content (AvgIpc) is 2.53. The van der Waals surface area contributed by atoms with Gasteiger partial charge in [0.05, 0.1) is 22.1 Å². The Kier molecular flexibility index (Phi) is 5.64. The van der Waals surface area contributed by atoms with E-state index in [1.54, 1.807) is 18.2 Å². The second-order valence-corrected chi connectivity index (χ2v) is 6.86. The second-order valence-electron chi connectivity index (χ2n) is 4.43. The SMILES string of the molecule is COc1c(Cl)cc(C(=O)COS(=O)(=O)c2ccccc2)cc1Cl. The summed E-state index contributed by atoms with van der Waals surface area (Å²) < 4.78 is 33.7. The molecule has 2 aromatic rings. The average molecular weight is 375 g/mol. The maximum absolute atomic E-state index is 12.1. The summed E-state index contributed by atoms with van der Waals surface area (Å²) in [5, 5.41) is 0.295. The third-order valence-electron chi connectivity index (χ3n) is 2.90. The summed E-state index contributed by atoms with van der Waals surface area (Å²) in [6.07, 6.45) is 0. The van der Waals surface area contributed by atoms with Gasteiger partial charge in [-0.1, -0.05) is 41.4 Å². The van der Waals surface area contributed by atoms with Gasteiger partial charge in [-0.25, -0.2) is 0 Å². The van der Waals surface area contributed by atoms with Gasteiger partial charge < -0.3 is 4.74 Å². The van der Waals surface area contributed by atoms with Crippen molar-refractivity contribution < 1.29 is 22.1 Å². The number of carbonyl (C=O) groups excluding carboxylic acids is 1. The van der Waals surface area contributed by atoms with E-state index in [9.17, 15) is 13.2 Å². The number of hydrogen-bond acceptors (Lipinski definition) is 5. The number of carbonyl (C=O) groups is 1. The zero-order chi connectivity index (χ0) is 17.0. The molecule has 0 aliphatic rings. The van der Waals surface area contributed by atoms with E-state index >= 15 is 0 Å². The molecule has 0 saturated heterocycles. The predicted molar refractivity (Wildman–Crippen MR) is 86.9 cm³/mol. The molecule has 0 aliphatic heterocycles.